The van der Waals surface area contributed by atoms with Gasteiger partial charge < -0.3 is 0 Å². The minimum absolute atomic E-state index is 0.300. The van der Waals surface area contributed by atoms with Crippen molar-refractivity contribution in [3.8, 4) is 0 Å². The van der Waals surface area contributed by atoms with E-state index in [1.54, 1.807) is 6.07 Å². The van der Waals surface area contributed by atoms with E-state index in [1.165, 1.54) is 6.20 Å². The van der Waals surface area contributed by atoms with Crippen LogP contribution in [0.1, 0.15) is 31.9 Å². The highest BCUT2D eigenvalue weighted by Gasteiger charge is 2.21. The van der Waals surface area contributed by atoms with E-state index in [2.05, 4.69) is 9.38 Å². The summed E-state index contributed by atoms with van der Waals surface area (Å²) >= 11 is 0. The van der Waals surface area contributed by atoms with Crippen LogP contribution in [-0.4, -0.2) is 19.7 Å². The van der Waals surface area contributed by atoms with Gasteiger partial charge in [0.1, 0.15) is 11.0 Å². The van der Waals surface area contributed by atoms with E-state index in [0.717, 1.165) is 11.8 Å². The number of aromatic nitrogens is 1. The number of rotatable bonds is 3. The van der Waals surface area contributed by atoms with Crippen LogP contribution >= 0.6 is 0 Å². The van der Waals surface area contributed by atoms with Crippen LogP contribution < -0.4 is 0 Å². The van der Waals surface area contributed by atoms with Crippen molar-refractivity contribution in [1.29, 1.82) is 0 Å². The van der Waals surface area contributed by atoms with Gasteiger partial charge in [-0.1, -0.05) is 30.3 Å². The first-order valence-electron chi connectivity index (χ1n) is 6.55. The maximum Gasteiger partial charge on any atom is 0.150 e. The Balaban J connectivity index is 2.59. The molecule has 0 amide bonds. The summed E-state index contributed by atoms with van der Waals surface area (Å²) in [6.07, 6.45) is 2.63. The average Bonchev–Trinajstić information content (AvgIpc) is 2.45. The lowest BCUT2D eigenvalue weighted by atomic mass is 10.0. The molecule has 1 aromatic carbocycles. The lowest BCUT2D eigenvalue weighted by Gasteiger charge is -2.15. The molecular weight excluding hydrogens is 287 g/mol. The van der Waals surface area contributed by atoms with Crippen LogP contribution in [0.4, 0.5) is 4.39 Å². The van der Waals surface area contributed by atoms with Gasteiger partial charge in [-0.05, 0) is 26.8 Å². The third-order valence-corrected chi connectivity index (χ3v) is 4.17. The predicted molar refractivity (Wildman–Crippen MR) is 84.2 cm³/mol. The van der Waals surface area contributed by atoms with E-state index < -0.39 is 21.5 Å². The lowest BCUT2D eigenvalue weighted by Crippen LogP contribution is -2.21. The highest BCUT2D eigenvalue weighted by molar-refractivity contribution is 7.85. The standard InChI is InChI=1S/C16H17FN2OS/c1-16(2,3)21(20)19-15(12-7-5-4-6-8-12)13-9-10-18-11-14(13)17/h4-11H,1-3H3. The van der Waals surface area contributed by atoms with Crippen molar-refractivity contribution in [3.05, 3.63) is 65.7 Å². The Hall–Kier alpha value is -1.88. The first-order valence-corrected chi connectivity index (χ1v) is 7.66. The van der Waals surface area contributed by atoms with Gasteiger partial charge in [0, 0.05) is 17.3 Å². The summed E-state index contributed by atoms with van der Waals surface area (Å²) < 4.78 is 30.1. The van der Waals surface area contributed by atoms with Crippen LogP contribution in [0.3, 0.4) is 0 Å². The van der Waals surface area contributed by atoms with Gasteiger partial charge >= 0.3 is 0 Å². The van der Waals surface area contributed by atoms with E-state index in [1.807, 2.05) is 51.1 Å². The van der Waals surface area contributed by atoms with Crippen molar-refractivity contribution in [3.63, 3.8) is 0 Å². The molecule has 0 saturated carbocycles. The summed E-state index contributed by atoms with van der Waals surface area (Å²) in [6, 6.07) is 10.7. The summed E-state index contributed by atoms with van der Waals surface area (Å²) in [4.78, 5) is 3.74. The Morgan fingerprint density at radius 1 is 1.19 bits per heavy atom. The minimum atomic E-state index is -1.48. The zero-order valence-corrected chi connectivity index (χ0v) is 13.0. The van der Waals surface area contributed by atoms with Crippen LogP contribution in [0.5, 0.6) is 0 Å². The van der Waals surface area contributed by atoms with Crippen LogP contribution in [0.25, 0.3) is 0 Å². The smallest absolute Gasteiger partial charge is 0.150 e. The molecule has 0 aliphatic heterocycles. The quantitative estimate of drug-likeness (QED) is 0.814. The predicted octanol–water partition coefficient (Wildman–Crippen LogP) is 3.52. The molecule has 0 N–H and O–H groups in total. The van der Waals surface area contributed by atoms with Gasteiger partial charge in [0.15, 0.2) is 5.82 Å². The number of hydrogen-bond acceptors (Lipinski definition) is 2. The van der Waals surface area contributed by atoms with E-state index in [-0.39, 0.29) is 0 Å². The van der Waals surface area contributed by atoms with Gasteiger partial charge in [-0.15, -0.1) is 0 Å². The number of benzene rings is 1. The van der Waals surface area contributed by atoms with E-state index in [9.17, 15) is 8.60 Å². The molecule has 2 rings (SSSR count). The molecule has 0 radical (unpaired) electrons. The van der Waals surface area contributed by atoms with Crippen molar-refractivity contribution in [2.45, 2.75) is 25.5 Å². The molecule has 0 fully saturated rings. The van der Waals surface area contributed by atoms with Gasteiger partial charge in [0.25, 0.3) is 0 Å². The highest BCUT2D eigenvalue weighted by Crippen LogP contribution is 2.18. The van der Waals surface area contributed by atoms with Crippen molar-refractivity contribution in [1.82, 2.24) is 4.98 Å². The fourth-order valence-corrected chi connectivity index (χ4v) is 2.28. The molecule has 0 bridgehead atoms. The summed E-state index contributed by atoms with van der Waals surface area (Å²) in [5.74, 6) is -0.481. The molecule has 1 aromatic heterocycles. The monoisotopic (exact) mass is 304 g/mol. The maximum atomic E-state index is 14.0. The first kappa shape index (κ1) is 15.5. The summed E-state index contributed by atoms with van der Waals surface area (Å²) in [5, 5.41) is 0. The molecule has 0 spiro atoms. The van der Waals surface area contributed by atoms with Crippen molar-refractivity contribution >= 4 is 16.7 Å². The van der Waals surface area contributed by atoms with Gasteiger partial charge in [-0.3, -0.25) is 4.98 Å². The van der Waals surface area contributed by atoms with Gasteiger partial charge in [0.05, 0.1) is 16.7 Å². The molecule has 1 unspecified atom stereocenters. The Morgan fingerprint density at radius 2 is 1.86 bits per heavy atom. The topological polar surface area (TPSA) is 42.3 Å². The third-order valence-electron chi connectivity index (χ3n) is 2.77. The van der Waals surface area contributed by atoms with E-state index in [4.69, 9.17) is 0 Å². The summed E-state index contributed by atoms with van der Waals surface area (Å²) in [7, 11) is -1.48. The van der Waals surface area contributed by atoms with Crippen molar-refractivity contribution in [2.75, 3.05) is 0 Å². The number of nitrogens with zero attached hydrogens (tertiary/aromatic N) is 2. The Bertz CT molecular complexity index is 678. The van der Waals surface area contributed by atoms with Crippen LogP contribution in [-0.2, 0) is 11.0 Å². The molecule has 2 aromatic rings. The third kappa shape index (κ3) is 3.82. The van der Waals surface area contributed by atoms with Gasteiger partial charge in [-0.25, -0.2) is 8.60 Å². The zero-order chi connectivity index (χ0) is 15.5. The second kappa shape index (κ2) is 6.26. The molecule has 110 valence electrons. The van der Waals surface area contributed by atoms with E-state index >= 15 is 0 Å². The Labute approximate surface area is 126 Å². The van der Waals surface area contributed by atoms with Gasteiger partial charge in [0.2, 0.25) is 0 Å². The fourth-order valence-electron chi connectivity index (χ4n) is 1.64. The molecular formula is C16H17FN2OS. The SMILES string of the molecule is CC(C)(C)S(=O)N=C(c1ccccc1)c1ccncc1F. The van der Waals surface area contributed by atoms with Gasteiger partial charge in [-0.2, -0.15) is 4.40 Å². The lowest BCUT2D eigenvalue weighted by molar-refractivity contribution is 0.619. The van der Waals surface area contributed by atoms with Crippen LogP contribution in [0.15, 0.2) is 53.2 Å². The second-order valence-electron chi connectivity index (χ2n) is 5.52. The summed E-state index contributed by atoms with van der Waals surface area (Å²) in [6.45, 7) is 5.49. The average molecular weight is 304 g/mol. The zero-order valence-electron chi connectivity index (χ0n) is 12.2. The molecule has 0 saturated heterocycles. The number of halogens is 1. The molecule has 3 nitrogen and oxygen atoms in total. The summed E-state index contributed by atoms with van der Waals surface area (Å²) in [5.41, 5.74) is 1.40. The normalized spacial score (nSPS) is 14.0. The molecule has 1 heterocycles. The van der Waals surface area contributed by atoms with Crippen molar-refractivity contribution in [2.24, 2.45) is 4.40 Å². The van der Waals surface area contributed by atoms with Crippen LogP contribution in [0, 0.1) is 5.82 Å². The van der Waals surface area contributed by atoms with E-state index in [0.29, 0.717) is 11.3 Å². The fraction of sp³-hybridized carbons (Fsp3) is 0.250. The second-order valence-corrected chi connectivity index (χ2v) is 7.43. The molecule has 5 heteroatoms. The molecule has 0 aliphatic carbocycles. The Morgan fingerprint density at radius 3 is 2.43 bits per heavy atom. The largest absolute Gasteiger partial charge is 0.262 e. The van der Waals surface area contributed by atoms with Crippen molar-refractivity contribution < 1.29 is 8.60 Å². The Kier molecular flexibility index (Phi) is 4.63. The molecule has 1 atom stereocenters. The first-order chi connectivity index (χ1) is 9.89. The maximum absolute atomic E-state index is 14.0. The number of pyridine rings is 1. The molecule has 21 heavy (non-hydrogen) atoms. The van der Waals surface area contributed by atoms with Crippen LogP contribution in [0.2, 0.25) is 0 Å². The number of hydrogen-bond donors (Lipinski definition) is 0. The molecule has 0 aliphatic rings. The minimum Gasteiger partial charge on any atom is -0.262 e. The highest BCUT2D eigenvalue weighted by atomic mass is 32.2.